The van der Waals surface area contributed by atoms with Crippen LogP contribution in [-0.2, 0) is 0 Å². The molecule has 1 saturated heterocycles. The van der Waals surface area contributed by atoms with Crippen molar-refractivity contribution < 1.29 is 14.0 Å². The highest BCUT2D eigenvalue weighted by molar-refractivity contribution is 6.01. The zero-order valence-electron chi connectivity index (χ0n) is 16.9. The van der Waals surface area contributed by atoms with Gasteiger partial charge in [0.05, 0.1) is 5.56 Å². The molecule has 3 rings (SSSR count). The number of halogens is 1. The average Bonchev–Trinajstić information content (AvgIpc) is 2.74. The largest absolute Gasteiger partial charge is 0.399 e. The van der Waals surface area contributed by atoms with Gasteiger partial charge in [0.1, 0.15) is 5.82 Å². The van der Waals surface area contributed by atoms with E-state index in [4.69, 9.17) is 5.73 Å². The molecule has 0 unspecified atom stereocenters. The molecule has 1 aliphatic heterocycles. The van der Waals surface area contributed by atoms with Crippen LogP contribution in [0.4, 0.5) is 15.8 Å². The van der Waals surface area contributed by atoms with Crippen LogP contribution >= 0.6 is 0 Å². The van der Waals surface area contributed by atoms with Gasteiger partial charge in [-0.3, -0.25) is 9.59 Å². The van der Waals surface area contributed by atoms with Crippen LogP contribution in [-0.4, -0.2) is 60.9 Å². The summed E-state index contributed by atoms with van der Waals surface area (Å²) in [5.74, 6) is -0.646. The summed E-state index contributed by atoms with van der Waals surface area (Å²) < 4.78 is 13.4. The summed E-state index contributed by atoms with van der Waals surface area (Å²) in [6.07, 6.45) is 0. The normalized spacial score (nSPS) is 14.0. The maximum atomic E-state index is 13.4. The number of carbonyl (C=O) groups is 2. The number of anilines is 2. The van der Waals surface area contributed by atoms with Crippen molar-refractivity contribution in [1.82, 2.24) is 9.80 Å². The quantitative estimate of drug-likeness (QED) is 0.787. The number of nitrogen functional groups attached to an aromatic ring is 1. The molecule has 7 heteroatoms. The Morgan fingerprint density at radius 1 is 1.03 bits per heavy atom. The topological polar surface area (TPSA) is 69.9 Å². The number of nitrogens with zero attached hydrogens (tertiary/aromatic N) is 3. The fourth-order valence-corrected chi connectivity index (χ4v) is 3.64. The van der Waals surface area contributed by atoms with Crippen molar-refractivity contribution in [2.45, 2.75) is 13.8 Å². The Bertz CT molecular complexity index is 890. The first-order chi connectivity index (χ1) is 13.9. The number of hydrogen-bond acceptors (Lipinski definition) is 4. The molecule has 29 heavy (non-hydrogen) atoms. The van der Waals surface area contributed by atoms with Crippen LogP contribution in [0.3, 0.4) is 0 Å². The van der Waals surface area contributed by atoms with Gasteiger partial charge in [-0.15, -0.1) is 0 Å². The highest BCUT2D eigenvalue weighted by Gasteiger charge is 2.26. The summed E-state index contributed by atoms with van der Waals surface area (Å²) in [4.78, 5) is 31.2. The van der Waals surface area contributed by atoms with Crippen LogP contribution in [0.15, 0.2) is 42.5 Å². The number of piperazine rings is 1. The lowest BCUT2D eigenvalue weighted by atomic mass is 10.1. The van der Waals surface area contributed by atoms with Gasteiger partial charge in [-0.25, -0.2) is 4.39 Å². The SMILES string of the molecule is CCN(CC)C(=O)c1cc(N)ccc1N1CCN(C(=O)c2cccc(F)c2)CC1. The molecule has 2 aromatic carbocycles. The molecule has 1 heterocycles. The second-order valence-electron chi connectivity index (χ2n) is 7.04. The molecule has 0 bridgehead atoms. The fourth-order valence-electron chi connectivity index (χ4n) is 3.64. The summed E-state index contributed by atoms with van der Waals surface area (Å²) in [6.45, 7) is 7.32. The molecule has 1 fully saturated rings. The van der Waals surface area contributed by atoms with Gasteiger partial charge in [0, 0.05) is 56.2 Å². The van der Waals surface area contributed by atoms with Crippen LogP contribution in [0, 0.1) is 5.82 Å². The zero-order valence-corrected chi connectivity index (χ0v) is 16.9. The summed E-state index contributed by atoms with van der Waals surface area (Å²) >= 11 is 0. The van der Waals surface area contributed by atoms with Gasteiger partial charge in [0.2, 0.25) is 0 Å². The Kier molecular flexibility index (Phi) is 6.36. The minimum atomic E-state index is -0.420. The highest BCUT2D eigenvalue weighted by Crippen LogP contribution is 2.26. The second-order valence-corrected chi connectivity index (χ2v) is 7.04. The first-order valence-corrected chi connectivity index (χ1v) is 9.93. The van der Waals surface area contributed by atoms with Crippen molar-refractivity contribution in [2.75, 3.05) is 49.9 Å². The molecule has 0 atom stereocenters. The Morgan fingerprint density at radius 2 is 1.72 bits per heavy atom. The van der Waals surface area contributed by atoms with Crippen molar-refractivity contribution in [1.29, 1.82) is 0 Å². The third-order valence-corrected chi connectivity index (χ3v) is 5.28. The van der Waals surface area contributed by atoms with Gasteiger partial charge >= 0.3 is 0 Å². The van der Waals surface area contributed by atoms with E-state index in [1.807, 2.05) is 19.9 Å². The standard InChI is InChI=1S/C22H27FN4O2/c1-3-25(4-2)22(29)19-15-18(24)8-9-20(19)26-10-12-27(13-11-26)21(28)16-6-5-7-17(23)14-16/h5-9,14-15H,3-4,10-13,24H2,1-2H3. The lowest BCUT2D eigenvalue weighted by Crippen LogP contribution is -2.49. The Hall–Kier alpha value is -3.09. The summed E-state index contributed by atoms with van der Waals surface area (Å²) in [6, 6.07) is 11.1. The minimum absolute atomic E-state index is 0.0458. The van der Waals surface area contributed by atoms with E-state index in [0.29, 0.717) is 56.1 Å². The lowest BCUT2D eigenvalue weighted by molar-refractivity contribution is 0.0740. The first-order valence-electron chi connectivity index (χ1n) is 9.93. The molecule has 2 N–H and O–H groups in total. The van der Waals surface area contributed by atoms with Gasteiger partial charge in [0.15, 0.2) is 0 Å². The van der Waals surface area contributed by atoms with E-state index in [0.717, 1.165) is 5.69 Å². The molecule has 0 aliphatic carbocycles. The molecule has 1 aliphatic rings. The second kappa shape index (κ2) is 8.94. The van der Waals surface area contributed by atoms with Gasteiger partial charge in [0.25, 0.3) is 11.8 Å². The predicted octanol–water partition coefficient (Wildman–Crippen LogP) is 2.85. The van der Waals surface area contributed by atoms with E-state index in [2.05, 4.69) is 4.90 Å². The lowest BCUT2D eigenvalue weighted by Gasteiger charge is -2.37. The molecular formula is C22H27FN4O2. The molecule has 6 nitrogen and oxygen atoms in total. The van der Waals surface area contributed by atoms with E-state index in [9.17, 15) is 14.0 Å². The van der Waals surface area contributed by atoms with Gasteiger partial charge < -0.3 is 20.4 Å². The Morgan fingerprint density at radius 3 is 2.34 bits per heavy atom. The number of amides is 2. The molecular weight excluding hydrogens is 371 g/mol. The van der Waals surface area contributed by atoms with E-state index in [1.54, 1.807) is 28.0 Å². The number of carbonyl (C=O) groups excluding carboxylic acids is 2. The number of benzene rings is 2. The molecule has 2 aromatic rings. The van der Waals surface area contributed by atoms with Crippen molar-refractivity contribution in [3.05, 3.63) is 59.4 Å². The zero-order chi connectivity index (χ0) is 21.0. The summed E-state index contributed by atoms with van der Waals surface area (Å²) in [5.41, 5.74) is 8.25. The maximum absolute atomic E-state index is 13.4. The van der Waals surface area contributed by atoms with Crippen LogP contribution in [0.2, 0.25) is 0 Å². The summed E-state index contributed by atoms with van der Waals surface area (Å²) in [7, 11) is 0. The fraction of sp³-hybridized carbons (Fsp3) is 0.364. The smallest absolute Gasteiger partial charge is 0.256 e. The monoisotopic (exact) mass is 398 g/mol. The minimum Gasteiger partial charge on any atom is -0.399 e. The number of rotatable bonds is 5. The van der Waals surface area contributed by atoms with Gasteiger partial charge in [-0.2, -0.15) is 0 Å². The highest BCUT2D eigenvalue weighted by atomic mass is 19.1. The van der Waals surface area contributed by atoms with E-state index in [1.165, 1.54) is 18.2 Å². The van der Waals surface area contributed by atoms with Gasteiger partial charge in [-0.05, 0) is 50.2 Å². The Balaban J connectivity index is 1.76. The molecule has 0 spiro atoms. The third-order valence-electron chi connectivity index (χ3n) is 5.28. The van der Waals surface area contributed by atoms with E-state index in [-0.39, 0.29) is 11.8 Å². The average molecular weight is 398 g/mol. The molecule has 2 amide bonds. The van der Waals surface area contributed by atoms with Crippen LogP contribution in [0.25, 0.3) is 0 Å². The third kappa shape index (κ3) is 4.50. The van der Waals surface area contributed by atoms with E-state index < -0.39 is 5.82 Å². The molecule has 0 aromatic heterocycles. The first kappa shape index (κ1) is 20.6. The Labute approximate surface area is 170 Å². The summed E-state index contributed by atoms with van der Waals surface area (Å²) in [5, 5.41) is 0. The van der Waals surface area contributed by atoms with Crippen LogP contribution < -0.4 is 10.6 Å². The van der Waals surface area contributed by atoms with Crippen LogP contribution in [0.1, 0.15) is 34.6 Å². The molecule has 0 radical (unpaired) electrons. The maximum Gasteiger partial charge on any atom is 0.256 e. The van der Waals surface area contributed by atoms with Gasteiger partial charge in [-0.1, -0.05) is 6.07 Å². The van der Waals surface area contributed by atoms with Crippen molar-refractivity contribution in [3.8, 4) is 0 Å². The van der Waals surface area contributed by atoms with E-state index >= 15 is 0 Å². The van der Waals surface area contributed by atoms with Crippen molar-refractivity contribution >= 4 is 23.2 Å². The molecule has 0 saturated carbocycles. The van der Waals surface area contributed by atoms with Crippen molar-refractivity contribution in [3.63, 3.8) is 0 Å². The van der Waals surface area contributed by atoms with Crippen LogP contribution in [0.5, 0.6) is 0 Å². The predicted molar refractivity (Wildman–Crippen MR) is 113 cm³/mol. The number of nitrogens with two attached hydrogens (primary N) is 1. The number of hydrogen-bond donors (Lipinski definition) is 1. The van der Waals surface area contributed by atoms with Crippen molar-refractivity contribution in [2.24, 2.45) is 0 Å². The molecule has 154 valence electrons.